The molecular weight excluding hydrogens is 348 g/mol. The first-order valence-electron chi connectivity index (χ1n) is 7.38. The smallest absolute Gasteiger partial charge is 0.325 e. The zero-order valence-electron chi connectivity index (χ0n) is 12.9. The molecule has 0 bridgehead atoms. The molecule has 0 fully saturated rings. The van der Waals surface area contributed by atoms with Crippen molar-refractivity contribution < 1.29 is 23.1 Å². The summed E-state index contributed by atoms with van der Waals surface area (Å²) in [4.78, 5) is 23.6. The molecule has 1 amide bonds. The third-order valence-electron chi connectivity index (χ3n) is 3.52. The van der Waals surface area contributed by atoms with Crippen LogP contribution in [0.25, 0.3) is 10.1 Å². The van der Waals surface area contributed by atoms with Gasteiger partial charge in [-0.05, 0) is 29.0 Å². The molecule has 128 valence electrons. The van der Waals surface area contributed by atoms with Gasteiger partial charge in [0.05, 0.1) is 5.56 Å². The van der Waals surface area contributed by atoms with Crippen molar-refractivity contribution in [2.75, 3.05) is 6.54 Å². The van der Waals surface area contributed by atoms with Gasteiger partial charge in [0, 0.05) is 16.3 Å². The van der Waals surface area contributed by atoms with E-state index >= 15 is 0 Å². The predicted octanol–water partition coefficient (Wildman–Crippen LogP) is 3.65. The number of thiophene rings is 1. The van der Waals surface area contributed by atoms with Gasteiger partial charge in [-0.25, -0.2) is 8.78 Å². The molecule has 0 aliphatic carbocycles. The Morgan fingerprint density at radius 2 is 1.92 bits per heavy atom. The van der Waals surface area contributed by atoms with Crippen molar-refractivity contribution in [1.82, 2.24) is 5.32 Å². The summed E-state index contributed by atoms with van der Waals surface area (Å²) in [5, 5.41) is 5.17. The zero-order valence-corrected chi connectivity index (χ0v) is 13.7. The Bertz CT molecular complexity index is 939. The Morgan fingerprint density at radius 3 is 2.72 bits per heavy atom. The molecule has 1 N–H and O–H groups in total. The van der Waals surface area contributed by atoms with Crippen molar-refractivity contribution in [1.29, 1.82) is 0 Å². The summed E-state index contributed by atoms with van der Waals surface area (Å²) >= 11 is 1.55. The number of ether oxygens (including phenoxy) is 1. The van der Waals surface area contributed by atoms with Crippen molar-refractivity contribution in [3.63, 3.8) is 0 Å². The summed E-state index contributed by atoms with van der Waals surface area (Å²) in [5.41, 5.74) is 0.544. The minimum absolute atomic E-state index is 0.0869. The number of carbonyl (C=O) groups excluding carboxylic acids is 2. The van der Waals surface area contributed by atoms with Crippen molar-refractivity contribution in [2.45, 2.75) is 6.61 Å². The SMILES string of the molecule is O=C(CNC(=O)c1ccc(F)cc1F)OCc1csc2ccccc12. The minimum atomic E-state index is -0.990. The monoisotopic (exact) mass is 361 g/mol. The second kappa shape index (κ2) is 7.40. The average molecular weight is 361 g/mol. The van der Waals surface area contributed by atoms with E-state index in [9.17, 15) is 18.4 Å². The number of benzene rings is 2. The van der Waals surface area contributed by atoms with E-state index in [1.54, 1.807) is 11.3 Å². The Morgan fingerprint density at radius 1 is 1.12 bits per heavy atom. The summed E-state index contributed by atoms with van der Waals surface area (Å²) in [5.74, 6) is -3.23. The molecule has 7 heteroatoms. The number of rotatable bonds is 5. The lowest BCUT2D eigenvalue weighted by atomic mass is 10.2. The van der Waals surface area contributed by atoms with Gasteiger partial charge in [-0.1, -0.05) is 18.2 Å². The van der Waals surface area contributed by atoms with Gasteiger partial charge < -0.3 is 10.1 Å². The van der Waals surface area contributed by atoms with Crippen LogP contribution < -0.4 is 5.32 Å². The van der Waals surface area contributed by atoms with Crippen LogP contribution in [-0.2, 0) is 16.1 Å². The third kappa shape index (κ3) is 4.00. The van der Waals surface area contributed by atoms with E-state index in [4.69, 9.17) is 4.74 Å². The first-order valence-corrected chi connectivity index (χ1v) is 8.26. The van der Waals surface area contributed by atoms with Crippen LogP contribution in [0.3, 0.4) is 0 Å². The highest BCUT2D eigenvalue weighted by molar-refractivity contribution is 7.17. The number of halogens is 2. The highest BCUT2D eigenvalue weighted by Gasteiger charge is 2.14. The van der Waals surface area contributed by atoms with E-state index in [0.717, 1.165) is 27.8 Å². The highest BCUT2D eigenvalue weighted by atomic mass is 32.1. The molecule has 0 spiro atoms. The van der Waals surface area contributed by atoms with E-state index in [2.05, 4.69) is 5.32 Å². The molecule has 0 saturated carbocycles. The maximum Gasteiger partial charge on any atom is 0.325 e. The number of nitrogens with one attached hydrogen (secondary N) is 1. The van der Waals surface area contributed by atoms with Crippen LogP contribution in [0.15, 0.2) is 47.8 Å². The van der Waals surface area contributed by atoms with E-state index in [0.29, 0.717) is 6.07 Å². The summed E-state index contributed by atoms with van der Waals surface area (Å²) < 4.78 is 32.5. The molecular formula is C18H13F2NO3S. The lowest BCUT2D eigenvalue weighted by Crippen LogP contribution is -2.31. The first-order chi connectivity index (χ1) is 12.0. The maximum absolute atomic E-state index is 13.5. The number of carbonyl (C=O) groups is 2. The lowest BCUT2D eigenvalue weighted by molar-refractivity contribution is -0.143. The largest absolute Gasteiger partial charge is 0.459 e. The molecule has 3 aromatic rings. The number of esters is 1. The molecule has 3 rings (SSSR count). The molecule has 0 radical (unpaired) electrons. The summed E-state index contributed by atoms with van der Waals surface area (Å²) in [6.07, 6.45) is 0. The van der Waals surface area contributed by atoms with Crippen LogP contribution in [0.1, 0.15) is 15.9 Å². The topological polar surface area (TPSA) is 55.4 Å². The number of fused-ring (bicyclic) bond motifs is 1. The van der Waals surface area contributed by atoms with Gasteiger partial charge in [0.2, 0.25) is 0 Å². The van der Waals surface area contributed by atoms with E-state index < -0.39 is 30.1 Å². The van der Waals surface area contributed by atoms with Crippen molar-refractivity contribution in [2.24, 2.45) is 0 Å². The van der Waals surface area contributed by atoms with Crippen LogP contribution in [0.2, 0.25) is 0 Å². The standard InChI is InChI=1S/C18H13F2NO3S/c19-12-5-6-14(15(20)7-12)18(23)21-8-17(22)24-9-11-10-25-16-4-2-1-3-13(11)16/h1-7,10H,8-9H2,(H,21,23). The molecule has 25 heavy (non-hydrogen) atoms. The molecule has 4 nitrogen and oxygen atoms in total. The fourth-order valence-electron chi connectivity index (χ4n) is 2.28. The van der Waals surface area contributed by atoms with Gasteiger partial charge in [-0.2, -0.15) is 0 Å². The molecule has 0 aliphatic rings. The molecule has 0 atom stereocenters. The van der Waals surface area contributed by atoms with Crippen LogP contribution in [0.4, 0.5) is 8.78 Å². The third-order valence-corrected chi connectivity index (χ3v) is 4.53. The summed E-state index contributed by atoms with van der Waals surface area (Å²) in [6, 6.07) is 10.3. The second-order valence-electron chi connectivity index (χ2n) is 5.22. The summed E-state index contributed by atoms with van der Waals surface area (Å²) in [7, 11) is 0. The Hall–Kier alpha value is -2.80. The molecule has 0 unspecified atom stereocenters. The number of hydrogen-bond acceptors (Lipinski definition) is 4. The fourth-order valence-corrected chi connectivity index (χ4v) is 3.22. The minimum Gasteiger partial charge on any atom is -0.459 e. The quantitative estimate of drug-likeness (QED) is 0.706. The van der Waals surface area contributed by atoms with Crippen LogP contribution in [0, 0.1) is 11.6 Å². The van der Waals surface area contributed by atoms with Gasteiger partial charge in [0.25, 0.3) is 5.91 Å². The molecule has 0 aliphatic heterocycles. The Balaban J connectivity index is 1.53. The number of amides is 1. The first kappa shape index (κ1) is 17.0. The van der Waals surface area contributed by atoms with E-state index in [-0.39, 0.29) is 12.2 Å². The van der Waals surface area contributed by atoms with Gasteiger partial charge in [-0.15, -0.1) is 11.3 Å². The van der Waals surface area contributed by atoms with Crippen molar-refractivity contribution in [3.8, 4) is 0 Å². The average Bonchev–Trinajstić information content (AvgIpc) is 3.01. The Labute approximate surface area is 146 Å². The van der Waals surface area contributed by atoms with Gasteiger partial charge in [-0.3, -0.25) is 9.59 Å². The normalized spacial score (nSPS) is 10.6. The molecule has 0 saturated heterocycles. The second-order valence-corrected chi connectivity index (χ2v) is 6.14. The van der Waals surface area contributed by atoms with Gasteiger partial charge in [0.15, 0.2) is 0 Å². The van der Waals surface area contributed by atoms with E-state index in [1.165, 1.54) is 0 Å². The molecule has 1 heterocycles. The maximum atomic E-state index is 13.5. The predicted molar refractivity (Wildman–Crippen MR) is 90.3 cm³/mol. The Kier molecular flexibility index (Phi) is 5.04. The van der Waals surface area contributed by atoms with Crippen molar-refractivity contribution >= 4 is 33.3 Å². The van der Waals surface area contributed by atoms with Gasteiger partial charge in [0.1, 0.15) is 24.8 Å². The van der Waals surface area contributed by atoms with Crippen LogP contribution >= 0.6 is 11.3 Å². The number of hydrogen-bond donors (Lipinski definition) is 1. The fraction of sp³-hybridized carbons (Fsp3) is 0.111. The van der Waals surface area contributed by atoms with E-state index in [1.807, 2.05) is 29.6 Å². The van der Waals surface area contributed by atoms with Gasteiger partial charge >= 0.3 is 5.97 Å². The lowest BCUT2D eigenvalue weighted by Gasteiger charge is -2.07. The highest BCUT2D eigenvalue weighted by Crippen LogP contribution is 2.26. The molecule has 2 aromatic carbocycles. The van der Waals surface area contributed by atoms with Crippen LogP contribution in [-0.4, -0.2) is 18.4 Å². The zero-order chi connectivity index (χ0) is 17.8. The van der Waals surface area contributed by atoms with Crippen molar-refractivity contribution in [3.05, 3.63) is 70.6 Å². The van der Waals surface area contributed by atoms with Crippen LogP contribution in [0.5, 0.6) is 0 Å². The summed E-state index contributed by atoms with van der Waals surface area (Å²) in [6.45, 7) is -0.318. The molecule has 1 aromatic heterocycles.